The molecule has 0 saturated heterocycles. The van der Waals surface area contributed by atoms with Crippen molar-refractivity contribution in [2.24, 2.45) is 0 Å². The zero-order valence-corrected chi connectivity index (χ0v) is 15.4. The number of hydrogen-bond donors (Lipinski definition) is 1. The van der Waals surface area contributed by atoms with Gasteiger partial charge < -0.3 is 5.32 Å². The summed E-state index contributed by atoms with van der Waals surface area (Å²) in [6.45, 7) is 0. The van der Waals surface area contributed by atoms with E-state index in [9.17, 15) is 18.4 Å². The molecule has 3 rings (SSSR count). The van der Waals surface area contributed by atoms with Crippen molar-refractivity contribution >= 4 is 34.7 Å². The van der Waals surface area contributed by atoms with Gasteiger partial charge in [0, 0.05) is 5.69 Å². The Morgan fingerprint density at radius 3 is 2.21 bits per heavy atom. The highest BCUT2D eigenvalue weighted by atomic mass is 35.5. The van der Waals surface area contributed by atoms with Gasteiger partial charge in [-0.15, -0.1) is 6.42 Å². The fraction of sp³-hybridized carbons (Fsp3) is 0.0526. The molecule has 28 heavy (non-hydrogen) atoms. The van der Waals surface area contributed by atoms with Crippen LogP contribution in [0.5, 0.6) is 0 Å². The van der Waals surface area contributed by atoms with Gasteiger partial charge in [0.15, 0.2) is 11.5 Å². The zero-order valence-electron chi connectivity index (χ0n) is 13.9. The number of benzene rings is 2. The van der Waals surface area contributed by atoms with Crippen LogP contribution in [0.25, 0.3) is 5.69 Å². The molecule has 3 aromatic rings. The Bertz CT molecular complexity index is 1100. The highest BCUT2D eigenvalue weighted by molar-refractivity contribution is 6.38. The van der Waals surface area contributed by atoms with E-state index < -0.39 is 11.7 Å². The molecular weight excluding hydrogens is 412 g/mol. The number of rotatable bonds is 3. The summed E-state index contributed by atoms with van der Waals surface area (Å²) in [5.74, 6) is 2.54. The Hall–Kier alpha value is -3.13. The summed E-state index contributed by atoms with van der Waals surface area (Å²) in [6, 6.07) is 12.1. The number of nitrogens with zero attached hydrogens (tertiary/aromatic N) is 3. The van der Waals surface area contributed by atoms with Crippen molar-refractivity contribution in [1.29, 1.82) is 5.26 Å². The highest BCUT2D eigenvalue weighted by Gasteiger charge is 2.33. The topological polar surface area (TPSA) is 53.6 Å². The molecule has 0 aliphatic carbocycles. The number of aromatic nitrogens is 2. The van der Waals surface area contributed by atoms with Gasteiger partial charge in [0.2, 0.25) is 0 Å². The molecule has 0 aliphatic heterocycles. The van der Waals surface area contributed by atoms with Crippen LogP contribution in [-0.2, 0) is 6.18 Å². The van der Waals surface area contributed by atoms with Gasteiger partial charge in [-0.2, -0.15) is 23.5 Å². The van der Waals surface area contributed by atoms with Gasteiger partial charge in [-0.25, -0.2) is 4.68 Å². The maximum Gasteiger partial charge on any atom is 0.416 e. The maximum atomic E-state index is 13.0. The van der Waals surface area contributed by atoms with Crippen LogP contribution in [0, 0.1) is 23.7 Å². The first kappa shape index (κ1) is 19.6. The van der Waals surface area contributed by atoms with Gasteiger partial charge in [0.25, 0.3) is 0 Å². The van der Waals surface area contributed by atoms with Crippen LogP contribution in [0.3, 0.4) is 0 Å². The van der Waals surface area contributed by atoms with Crippen molar-refractivity contribution in [2.75, 3.05) is 5.32 Å². The fourth-order valence-electron chi connectivity index (χ4n) is 2.50. The molecule has 2 aromatic carbocycles. The van der Waals surface area contributed by atoms with Gasteiger partial charge >= 0.3 is 6.18 Å². The van der Waals surface area contributed by atoms with E-state index in [4.69, 9.17) is 29.6 Å². The smallest absolute Gasteiger partial charge is 0.339 e. The van der Waals surface area contributed by atoms with Gasteiger partial charge in [-0.1, -0.05) is 47.3 Å². The molecule has 1 aromatic heterocycles. The van der Waals surface area contributed by atoms with Crippen molar-refractivity contribution in [1.82, 2.24) is 9.78 Å². The molecule has 0 saturated carbocycles. The van der Waals surface area contributed by atoms with Gasteiger partial charge in [0.1, 0.15) is 17.3 Å². The van der Waals surface area contributed by atoms with Crippen molar-refractivity contribution in [3.8, 4) is 24.1 Å². The Morgan fingerprint density at radius 1 is 1.11 bits per heavy atom. The largest absolute Gasteiger partial charge is 0.416 e. The average Bonchev–Trinajstić information content (AvgIpc) is 2.98. The lowest BCUT2D eigenvalue weighted by Gasteiger charge is -2.15. The van der Waals surface area contributed by atoms with Gasteiger partial charge in [-0.05, 0) is 24.3 Å². The first-order valence-corrected chi connectivity index (χ1v) is 8.40. The van der Waals surface area contributed by atoms with Crippen molar-refractivity contribution in [3.05, 3.63) is 69.3 Å². The van der Waals surface area contributed by atoms with E-state index in [1.807, 2.05) is 6.07 Å². The van der Waals surface area contributed by atoms with Crippen LogP contribution < -0.4 is 5.32 Å². The molecule has 1 heterocycles. The molecule has 4 nitrogen and oxygen atoms in total. The third kappa shape index (κ3) is 3.63. The predicted molar refractivity (Wildman–Crippen MR) is 101 cm³/mol. The normalized spacial score (nSPS) is 11.0. The Balaban J connectivity index is 2.24. The van der Waals surface area contributed by atoms with Crippen LogP contribution in [-0.4, -0.2) is 9.78 Å². The first-order valence-electron chi connectivity index (χ1n) is 7.64. The molecule has 9 heteroatoms. The molecular formula is C19H9Cl2F3N4. The van der Waals surface area contributed by atoms with E-state index in [0.29, 0.717) is 5.69 Å². The number of para-hydroxylation sites is 1. The molecule has 0 aliphatic rings. The molecule has 0 atom stereocenters. The molecule has 0 radical (unpaired) electrons. The lowest BCUT2D eigenvalue weighted by Crippen LogP contribution is -2.09. The lowest BCUT2D eigenvalue weighted by molar-refractivity contribution is -0.137. The fourth-order valence-corrected chi connectivity index (χ4v) is 3.15. The van der Waals surface area contributed by atoms with E-state index >= 15 is 0 Å². The first-order chi connectivity index (χ1) is 13.3. The number of nitrogens with one attached hydrogen (secondary N) is 1. The molecule has 0 spiro atoms. The second-order valence-electron chi connectivity index (χ2n) is 5.52. The number of terminal acetylenes is 1. The standard InChI is InChI=1S/C19H9Cl2F3N4/c1-2-13-16(10-25)27-28(18(13)26-12-6-4-3-5-7-12)17-14(20)8-11(9-15(17)21)19(22,23)24/h1,3-9,26H. The Kier molecular flexibility index (Phi) is 5.24. The average molecular weight is 421 g/mol. The summed E-state index contributed by atoms with van der Waals surface area (Å²) in [7, 11) is 0. The quantitative estimate of drug-likeness (QED) is 0.545. The third-order valence-corrected chi connectivity index (χ3v) is 4.30. The minimum absolute atomic E-state index is 0.0345. The lowest BCUT2D eigenvalue weighted by atomic mass is 10.2. The minimum atomic E-state index is -4.62. The number of hydrogen-bond acceptors (Lipinski definition) is 3. The summed E-state index contributed by atoms with van der Waals surface area (Å²) >= 11 is 12.2. The van der Waals surface area contributed by atoms with Gasteiger partial charge in [0.05, 0.1) is 15.6 Å². The van der Waals surface area contributed by atoms with E-state index in [-0.39, 0.29) is 32.8 Å². The maximum absolute atomic E-state index is 13.0. The van der Waals surface area contributed by atoms with Crippen LogP contribution >= 0.6 is 23.2 Å². The predicted octanol–water partition coefficient (Wildman–Crippen LogP) is 5.79. The summed E-state index contributed by atoms with van der Waals surface area (Å²) in [5, 5.41) is 15.8. The molecule has 140 valence electrons. The Labute approximate surface area is 168 Å². The monoisotopic (exact) mass is 420 g/mol. The highest BCUT2D eigenvalue weighted by Crippen LogP contribution is 2.39. The van der Waals surface area contributed by atoms with Gasteiger partial charge in [-0.3, -0.25) is 0 Å². The second kappa shape index (κ2) is 7.47. The summed E-state index contributed by atoms with van der Waals surface area (Å²) < 4.78 is 40.1. The molecule has 0 unspecified atom stereocenters. The second-order valence-corrected chi connectivity index (χ2v) is 6.33. The number of nitriles is 1. The summed E-state index contributed by atoms with van der Waals surface area (Å²) in [6.07, 6.45) is 0.898. The van der Waals surface area contributed by atoms with E-state index in [1.165, 1.54) is 0 Å². The molecule has 1 N–H and O–H groups in total. The van der Waals surface area contributed by atoms with Crippen LogP contribution in [0.2, 0.25) is 10.0 Å². The summed E-state index contributed by atoms with van der Waals surface area (Å²) in [5.41, 5.74) is -0.406. The van der Waals surface area contributed by atoms with E-state index in [0.717, 1.165) is 16.8 Å². The van der Waals surface area contributed by atoms with Crippen molar-refractivity contribution in [3.63, 3.8) is 0 Å². The van der Waals surface area contributed by atoms with Crippen molar-refractivity contribution in [2.45, 2.75) is 6.18 Å². The van der Waals surface area contributed by atoms with Crippen LogP contribution in [0.4, 0.5) is 24.7 Å². The number of halogens is 5. The summed E-state index contributed by atoms with van der Waals surface area (Å²) in [4.78, 5) is 0. The zero-order chi connectivity index (χ0) is 20.5. The van der Waals surface area contributed by atoms with Crippen LogP contribution in [0.1, 0.15) is 16.8 Å². The molecule has 0 bridgehead atoms. The Morgan fingerprint density at radius 2 is 1.71 bits per heavy atom. The molecule has 0 fully saturated rings. The third-order valence-electron chi connectivity index (χ3n) is 3.73. The number of anilines is 2. The van der Waals surface area contributed by atoms with Crippen molar-refractivity contribution < 1.29 is 13.2 Å². The number of alkyl halides is 3. The molecule has 0 amide bonds. The minimum Gasteiger partial charge on any atom is -0.339 e. The SMILES string of the molecule is C#Cc1c(C#N)nn(-c2c(Cl)cc(C(F)(F)F)cc2Cl)c1Nc1ccccc1. The van der Waals surface area contributed by atoms with Crippen LogP contribution in [0.15, 0.2) is 42.5 Å². The van der Waals surface area contributed by atoms with E-state index in [2.05, 4.69) is 16.3 Å². The van der Waals surface area contributed by atoms with E-state index in [1.54, 1.807) is 30.3 Å².